The molecule has 0 aromatic heterocycles. The summed E-state index contributed by atoms with van der Waals surface area (Å²) in [7, 11) is 0. The van der Waals surface area contributed by atoms with E-state index in [2.05, 4.69) is 6.08 Å². The van der Waals surface area contributed by atoms with E-state index in [0.29, 0.717) is 0 Å². The fraction of sp³-hybridized carbons (Fsp3) is 0.222. The maximum atomic E-state index is 7.19. The molecule has 0 bridgehead atoms. The lowest BCUT2D eigenvalue weighted by Gasteiger charge is -1.94. The zero-order chi connectivity index (χ0) is 8.27. The summed E-state index contributed by atoms with van der Waals surface area (Å²) in [5.74, 6) is 0.143. The van der Waals surface area contributed by atoms with Crippen LogP contribution in [-0.2, 0) is 0 Å². The molecule has 1 rings (SSSR count). The van der Waals surface area contributed by atoms with Crippen LogP contribution in [0.5, 0.6) is 0 Å². The van der Waals surface area contributed by atoms with E-state index in [9.17, 15) is 0 Å². The van der Waals surface area contributed by atoms with Gasteiger partial charge in [-0.25, -0.2) is 0 Å². The van der Waals surface area contributed by atoms with Crippen LogP contribution in [0.25, 0.3) is 0 Å². The summed E-state index contributed by atoms with van der Waals surface area (Å²) in [6, 6.07) is 0. The van der Waals surface area contributed by atoms with Gasteiger partial charge in [-0.15, -0.1) is 0 Å². The van der Waals surface area contributed by atoms with E-state index < -0.39 is 0 Å². The molecule has 0 saturated heterocycles. The number of allylic oxidation sites excluding steroid dienone is 4. The topological polar surface area (TPSA) is 49.9 Å². The number of amidine groups is 1. The van der Waals surface area contributed by atoms with Crippen molar-refractivity contribution in [1.82, 2.24) is 0 Å². The second-order valence-corrected chi connectivity index (χ2v) is 2.59. The molecular weight excluding hydrogens is 136 g/mol. The van der Waals surface area contributed by atoms with Gasteiger partial charge in [-0.3, -0.25) is 5.41 Å². The molecule has 2 heteroatoms. The minimum Gasteiger partial charge on any atom is -0.384 e. The lowest BCUT2D eigenvalue weighted by molar-refractivity contribution is 1.33. The van der Waals surface area contributed by atoms with Crippen LogP contribution in [0.15, 0.2) is 35.5 Å². The minimum atomic E-state index is 0.143. The highest BCUT2D eigenvalue weighted by molar-refractivity contribution is 5.97. The van der Waals surface area contributed by atoms with Crippen LogP contribution >= 0.6 is 0 Å². The monoisotopic (exact) mass is 148 g/mol. The molecule has 0 saturated carbocycles. The van der Waals surface area contributed by atoms with E-state index in [-0.39, 0.29) is 5.84 Å². The van der Waals surface area contributed by atoms with Crippen LogP contribution in [-0.4, -0.2) is 5.84 Å². The molecule has 2 nitrogen and oxygen atoms in total. The second kappa shape index (κ2) is 3.19. The second-order valence-electron chi connectivity index (χ2n) is 2.59. The molecule has 11 heavy (non-hydrogen) atoms. The van der Waals surface area contributed by atoms with Crippen LogP contribution in [0.1, 0.15) is 13.3 Å². The largest absolute Gasteiger partial charge is 0.384 e. The summed E-state index contributed by atoms with van der Waals surface area (Å²) in [4.78, 5) is 0. The zero-order valence-corrected chi connectivity index (χ0v) is 6.59. The van der Waals surface area contributed by atoms with Crippen molar-refractivity contribution in [2.75, 3.05) is 0 Å². The third kappa shape index (κ3) is 2.08. The Morgan fingerprint density at radius 3 is 2.82 bits per heavy atom. The van der Waals surface area contributed by atoms with Crippen LogP contribution in [0.3, 0.4) is 0 Å². The van der Waals surface area contributed by atoms with Crippen molar-refractivity contribution < 1.29 is 0 Å². The molecule has 0 unspecified atom stereocenters. The third-order valence-corrected chi connectivity index (χ3v) is 1.61. The van der Waals surface area contributed by atoms with Crippen LogP contribution in [0, 0.1) is 5.41 Å². The molecule has 0 radical (unpaired) electrons. The highest BCUT2D eigenvalue weighted by Crippen LogP contribution is 2.08. The molecule has 0 aromatic carbocycles. The Bertz CT molecular complexity index is 257. The van der Waals surface area contributed by atoms with Gasteiger partial charge in [0.2, 0.25) is 0 Å². The Morgan fingerprint density at radius 2 is 2.18 bits per heavy atom. The molecule has 0 aliphatic heterocycles. The van der Waals surface area contributed by atoms with Crippen molar-refractivity contribution in [1.29, 1.82) is 5.41 Å². The summed E-state index contributed by atoms with van der Waals surface area (Å²) >= 11 is 0. The van der Waals surface area contributed by atoms with Gasteiger partial charge in [0.05, 0.1) is 0 Å². The number of nitrogens with two attached hydrogens (primary N) is 1. The zero-order valence-electron chi connectivity index (χ0n) is 6.59. The normalized spacial score (nSPS) is 16.8. The summed E-state index contributed by atoms with van der Waals surface area (Å²) in [6.07, 6.45) is 8.77. The van der Waals surface area contributed by atoms with Crippen molar-refractivity contribution in [3.05, 3.63) is 35.5 Å². The van der Waals surface area contributed by atoms with Crippen LogP contribution in [0.4, 0.5) is 0 Å². The van der Waals surface area contributed by atoms with Gasteiger partial charge < -0.3 is 5.73 Å². The van der Waals surface area contributed by atoms with Crippen LogP contribution in [0.2, 0.25) is 0 Å². The van der Waals surface area contributed by atoms with Crippen molar-refractivity contribution >= 4 is 5.84 Å². The lowest BCUT2D eigenvalue weighted by Crippen LogP contribution is -2.11. The van der Waals surface area contributed by atoms with E-state index in [1.165, 1.54) is 5.57 Å². The molecule has 3 N–H and O–H groups in total. The molecule has 0 spiro atoms. The predicted molar refractivity (Wildman–Crippen MR) is 47.5 cm³/mol. The molecule has 1 aliphatic rings. The average Bonchev–Trinajstić information content (AvgIpc) is 2.13. The molecule has 0 heterocycles. The van der Waals surface area contributed by atoms with Gasteiger partial charge in [0.25, 0.3) is 0 Å². The molecule has 1 aliphatic carbocycles. The Balaban J connectivity index is 2.82. The Morgan fingerprint density at radius 1 is 1.45 bits per heavy atom. The molecule has 0 aromatic rings. The van der Waals surface area contributed by atoms with Crippen LogP contribution < -0.4 is 5.73 Å². The van der Waals surface area contributed by atoms with Crippen molar-refractivity contribution in [3.8, 4) is 0 Å². The van der Waals surface area contributed by atoms with Gasteiger partial charge >= 0.3 is 0 Å². The third-order valence-electron chi connectivity index (χ3n) is 1.61. The van der Waals surface area contributed by atoms with Gasteiger partial charge in [-0.1, -0.05) is 29.9 Å². The number of rotatable bonds is 1. The lowest BCUT2D eigenvalue weighted by atomic mass is 10.2. The Kier molecular flexibility index (Phi) is 2.26. The first-order valence-corrected chi connectivity index (χ1v) is 3.59. The Labute approximate surface area is 66.6 Å². The van der Waals surface area contributed by atoms with Gasteiger partial charge in [-0.05, 0) is 13.3 Å². The average molecular weight is 148 g/mol. The summed E-state index contributed by atoms with van der Waals surface area (Å²) in [5, 5.41) is 7.19. The fourth-order valence-corrected chi connectivity index (χ4v) is 0.929. The number of hydrogen-bond donors (Lipinski definition) is 2. The van der Waals surface area contributed by atoms with Crippen molar-refractivity contribution in [2.45, 2.75) is 13.3 Å². The summed E-state index contributed by atoms with van der Waals surface area (Å²) < 4.78 is 0. The highest BCUT2D eigenvalue weighted by Gasteiger charge is 1.97. The molecular formula is C9H12N2. The maximum absolute atomic E-state index is 7.19. The standard InChI is InChI=1S/C9H12N2/c1-7-3-2-4-8(6-5-7)9(10)11/h3-6H,2H2,1H3,(H3,10,11). The first-order valence-electron chi connectivity index (χ1n) is 3.59. The van der Waals surface area contributed by atoms with Crippen molar-refractivity contribution in [3.63, 3.8) is 0 Å². The number of nitrogens with one attached hydrogen (secondary N) is 1. The molecule has 0 amide bonds. The molecule has 0 atom stereocenters. The predicted octanol–water partition coefficient (Wildman–Crippen LogP) is 1.75. The van der Waals surface area contributed by atoms with Gasteiger partial charge in [0.1, 0.15) is 5.84 Å². The van der Waals surface area contributed by atoms with E-state index in [1.807, 2.05) is 25.2 Å². The molecule has 0 fully saturated rings. The van der Waals surface area contributed by atoms with Gasteiger partial charge in [0.15, 0.2) is 0 Å². The first kappa shape index (κ1) is 7.79. The fourth-order valence-electron chi connectivity index (χ4n) is 0.929. The molecule has 58 valence electrons. The van der Waals surface area contributed by atoms with E-state index in [1.54, 1.807) is 0 Å². The summed E-state index contributed by atoms with van der Waals surface area (Å²) in [6.45, 7) is 2.04. The SMILES string of the molecule is CC1=CCC=C(C(=N)N)C=C1. The van der Waals surface area contributed by atoms with E-state index >= 15 is 0 Å². The van der Waals surface area contributed by atoms with Crippen molar-refractivity contribution in [2.24, 2.45) is 5.73 Å². The minimum absolute atomic E-state index is 0.143. The van der Waals surface area contributed by atoms with E-state index in [0.717, 1.165) is 12.0 Å². The van der Waals surface area contributed by atoms with E-state index in [4.69, 9.17) is 11.1 Å². The Hall–Kier alpha value is -1.31. The quantitative estimate of drug-likeness (QED) is 0.432. The smallest absolute Gasteiger partial charge is 0.122 e. The highest BCUT2D eigenvalue weighted by atomic mass is 14.7. The summed E-state index contributed by atoms with van der Waals surface area (Å²) in [5.41, 5.74) is 7.36. The maximum Gasteiger partial charge on any atom is 0.122 e. The number of hydrogen-bond acceptors (Lipinski definition) is 1. The van der Waals surface area contributed by atoms with Gasteiger partial charge in [0, 0.05) is 5.57 Å². The first-order chi connectivity index (χ1) is 5.20. The van der Waals surface area contributed by atoms with Gasteiger partial charge in [-0.2, -0.15) is 0 Å².